The zero-order chi connectivity index (χ0) is 21.6. The van der Waals surface area contributed by atoms with E-state index in [0.717, 1.165) is 30.2 Å². The number of hydrogen-bond donors (Lipinski definition) is 1. The summed E-state index contributed by atoms with van der Waals surface area (Å²) in [5, 5.41) is 13.8. The van der Waals surface area contributed by atoms with Crippen molar-refractivity contribution in [1.29, 1.82) is 0 Å². The highest BCUT2D eigenvalue weighted by Crippen LogP contribution is 2.30. The number of amides is 1. The number of carbonyl (C=O) groups excluding carboxylic acids is 1. The van der Waals surface area contributed by atoms with Crippen molar-refractivity contribution in [3.05, 3.63) is 41.8 Å². The predicted molar refractivity (Wildman–Crippen MR) is 115 cm³/mol. The van der Waals surface area contributed by atoms with Crippen LogP contribution in [-0.4, -0.2) is 45.7 Å². The molecular formula is C20H20F2N4O3S2. The van der Waals surface area contributed by atoms with Crippen LogP contribution in [-0.2, 0) is 16.1 Å². The van der Waals surface area contributed by atoms with Crippen LogP contribution in [0.1, 0.15) is 12.8 Å². The third-order valence-electron chi connectivity index (χ3n) is 4.58. The first kappa shape index (κ1) is 21.7. The van der Waals surface area contributed by atoms with Crippen LogP contribution in [0.3, 0.4) is 0 Å². The van der Waals surface area contributed by atoms with Gasteiger partial charge in [0.05, 0.1) is 29.0 Å². The molecule has 2 aromatic heterocycles. The van der Waals surface area contributed by atoms with E-state index in [2.05, 4.69) is 20.3 Å². The predicted octanol–water partition coefficient (Wildman–Crippen LogP) is 4.52. The molecule has 4 rings (SSSR count). The van der Waals surface area contributed by atoms with Crippen LogP contribution in [0.15, 0.2) is 46.9 Å². The van der Waals surface area contributed by atoms with Crippen LogP contribution in [0.4, 0.5) is 14.5 Å². The van der Waals surface area contributed by atoms with E-state index in [9.17, 15) is 13.6 Å². The van der Waals surface area contributed by atoms with Crippen molar-refractivity contribution in [2.45, 2.75) is 37.3 Å². The van der Waals surface area contributed by atoms with Gasteiger partial charge >= 0.3 is 6.61 Å². The van der Waals surface area contributed by atoms with Crippen LogP contribution in [0.25, 0.3) is 10.7 Å². The summed E-state index contributed by atoms with van der Waals surface area (Å²) in [5.74, 6) is 0.332. The lowest BCUT2D eigenvalue weighted by Crippen LogP contribution is -2.18. The third kappa shape index (κ3) is 5.60. The zero-order valence-electron chi connectivity index (χ0n) is 16.4. The summed E-state index contributed by atoms with van der Waals surface area (Å²) in [6.07, 6.45) is 2.07. The van der Waals surface area contributed by atoms with E-state index in [-0.39, 0.29) is 29.2 Å². The van der Waals surface area contributed by atoms with Crippen molar-refractivity contribution < 1.29 is 23.0 Å². The molecule has 0 bridgehead atoms. The summed E-state index contributed by atoms with van der Waals surface area (Å²) in [4.78, 5) is 13.4. The molecule has 1 saturated heterocycles. The maximum atomic E-state index is 12.6. The van der Waals surface area contributed by atoms with Gasteiger partial charge in [-0.25, -0.2) is 0 Å². The average Bonchev–Trinajstić information content (AvgIpc) is 3.50. The van der Waals surface area contributed by atoms with Crippen LogP contribution in [0, 0.1) is 0 Å². The van der Waals surface area contributed by atoms with Crippen molar-refractivity contribution >= 4 is 34.7 Å². The highest BCUT2D eigenvalue weighted by atomic mass is 32.2. The van der Waals surface area contributed by atoms with Gasteiger partial charge in [0.1, 0.15) is 5.75 Å². The second-order valence-electron chi connectivity index (χ2n) is 6.74. The topological polar surface area (TPSA) is 78.3 Å². The average molecular weight is 467 g/mol. The number of halogens is 2. The molecule has 0 aliphatic carbocycles. The van der Waals surface area contributed by atoms with E-state index in [1.54, 1.807) is 23.5 Å². The normalized spacial score (nSPS) is 16.0. The Morgan fingerprint density at radius 3 is 2.94 bits per heavy atom. The number of nitrogens with one attached hydrogen (secondary N) is 1. The smallest absolute Gasteiger partial charge is 0.387 e. The summed E-state index contributed by atoms with van der Waals surface area (Å²) in [7, 11) is 0. The van der Waals surface area contributed by atoms with E-state index in [1.165, 1.54) is 23.9 Å². The van der Waals surface area contributed by atoms with Crippen molar-refractivity contribution in [3.8, 4) is 16.5 Å². The van der Waals surface area contributed by atoms with Crippen LogP contribution >= 0.6 is 23.1 Å². The first-order chi connectivity index (χ1) is 15.1. The maximum Gasteiger partial charge on any atom is 0.387 e. The number of benzene rings is 1. The molecule has 0 radical (unpaired) electrons. The lowest BCUT2D eigenvalue weighted by molar-refractivity contribution is -0.113. The van der Waals surface area contributed by atoms with E-state index >= 15 is 0 Å². The molecule has 0 spiro atoms. The molecule has 164 valence electrons. The van der Waals surface area contributed by atoms with Crippen molar-refractivity contribution in [2.75, 3.05) is 17.7 Å². The molecule has 1 aliphatic rings. The first-order valence-corrected chi connectivity index (χ1v) is 11.5. The van der Waals surface area contributed by atoms with Gasteiger partial charge in [-0.2, -0.15) is 8.78 Å². The largest absolute Gasteiger partial charge is 0.433 e. The molecular weight excluding hydrogens is 446 g/mol. The Hall–Kier alpha value is -2.50. The fourth-order valence-electron chi connectivity index (χ4n) is 3.23. The van der Waals surface area contributed by atoms with Gasteiger partial charge in [0, 0.05) is 6.61 Å². The summed E-state index contributed by atoms with van der Waals surface area (Å²) in [5.41, 5.74) is 0.188. The third-order valence-corrected chi connectivity index (χ3v) is 6.41. The fraction of sp³-hybridized carbons (Fsp3) is 0.350. The summed E-state index contributed by atoms with van der Waals surface area (Å²) in [6.45, 7) is -1.62. The molecule has 0 saturated carbocycles. The minimum Gasteiger partial charge on any atom is -0.433 e. The lowest BCUT2D eigenvalue weighted by atomic mass is 10.2. The number of rotatable bonds is 9. The Labute approximate surface area is 185 Å². The Kier molecular flexibility index (Phi) is 7.15. The standard InChI is InChI=1S/C20H20F2N4O3S2/c21-19(22)29-15-7-2-1-6-14(15)23-17(27)12-31-20-25-24-18(16-8-4-10-30-16)26(20)11-13-5-3-9-28-13/h1-2,4,6-8,10,13,19H,3,5,9,11-12H2,(H,23,27)/t13-/m1/s1. The SMILES string of the molecule is O=C(CSc1nnc(-c2cccs2)n1C[C@H]1CCCO1)Nc1ccccc1OC(F)F. The van der Waals surface area contributed by atoms with Crippen LogP contribution in [0.5, 0.6) is 5.75 Å². The highest BCUT2D eigenvalue weighted by molar-refractivity contribution is 7.99. The molecule has 1 fully saturated rings. The number of hydrogen-bond acceptors (Lipinski definition) is 7. The molecule has 7 nitrogen and oxygen atoms in total. The second-order valence-corrected chi connectivity index (χ2v) is 8.63. The lowest BCUT2D eigenvalue weighted by Gasteiger charge is -2.14. The number of carbonyl (C=O) groups is 1. The number of anilines is 1. The monoisotopic (exact) mass is 466 g/mol. The van der Waals surface area contributed by atoms with Gasteiger partial charge < -0.3 is 14.8 Å². The van der Waals surface area contributed by atoms with E-state index < -0.39 is 6.61 Å². The van der Waals surface area contributed by atoms with Gasteiger partial charge in [0.25, 0.3) is 0 Å². The zero-order valence-corrected chi connectivity index (χ0v) is 18.0. The number of aromatic nitrogens is 3. The summed E-state index contributed by atoms with van der Waals surface area (Å²) >= 11 is 2.80. The van der Waals surface area contributed by atoms with Crippen LogP contribution < -0.4 is 10.1 Å². The van der Waals surface area contributed by atoms with Gasteiger partial charge in [-0.15, -0.1) is 21.5 Å². The van der Waals surface area contributed by atoms with E-state index in [1.807, 2.05) is 22.1 Å². The molecule has 1 aliphatic heterocycles. The Morgan fingerprint density at radius 2 is 2.19 bits per heavy atom. The Bertz CT molecular complexity index is 1010. The summed E-state index contributed by atoms with van der Waals surface area (Å²) < 4.78 is 37.3. The van der Waals surface area contributed by atoms with E-state index in [0.29, 0.717) is 11.7 Å². The number of ether oxygens (including phenoxy) is 2. The number of para-hydroxylation sites is 2. The fourth-order valence-corrected chi connectivity index (χ4v) is 4.69. The van der Waals surface area contributed by atoms with Gasteiger partial charge in [-0.05, 0) is 36.4 Å². The number of thiophene rings is 1. The van der Waals surface area contributed by atoms with Gasteiger partial charge in [0.2, 0.25) is 5.91 Å². The van der Waals surface area contributed by atoms with Crippen molar-refractivity contribution in [1.82, 2.24) is 14.8 Å². The highest BCUT2D eigenvalue weighted by Gasteiger charge is 2.23. The Morgan fingerprint density at radius 1 is 1.32 bits per heavy atom. The van der Waals surface area contributed by atoms with Gasteiger partial charge in [-0.3, -0.25) is 9.36 Å². The van der Waals surface area contributed by atoms with Crippen molar-refractivity contribution in [3.63, 3.8) is 0 Å². The van der Waals surface area contributed by atoms with Gasteiger partial charge in [0.15, 0.2) is 11.0 Å². The number of alkyl halides is 2. The second kappa shape index (κ2) is 10.2. The summed E-state index contributed by atoms with van der Waals surface area (Å²) in [6, 6.07) is 10.00. The maximum absolute atomic E-state index is 12.6. The molecule has 3 heterocycles. The molecule has 1 amide bonds. The molecule has 1 aromatic carbocycles. The minimum atomic E-state index is -2.97. The molecule has 1 N–H and O–H groups in total. The molecule has 1 atom stereocenters. The van der Waals surface area contributed by atoms with Gasteiger partial charge in [-0.1, -0.05) is 30.0 Å². The molecule has 3 aromatic rings. The van der Waals surface area contributed by atoms with Crippen molar-refractivity contribution in [2.24, 2.45) is 0 Å². The van der Waals surface area contributed by atoms with E-state index in [4.69, 9.17) is 4.74 Å². The minimum absolute atomic E-state index is 0.0388. The van der Waals surface area contributed by atoms with Crippen LogP contribution in [0.2, 0.25) is 0 Å². The molecule has 0 unspecified atom stereocenters. The first-order valence-electron chi connectivity index (χ1n) is 9.65. The molecule has 11 heteroatoms. The molecule has 31 heavy (non-hydrogen) atoms. The number of nitrogens with zero attached hydrogens (tertiary/aromatic N) is 3. The number of thioether (sulfide) groups is 1. The quantitative estimate of drug-likeness (QED) is 0.467. The Balaban J connectivity index is 1.45.